The fraction of sp³-hybridized carbons (Fsp3) is 0.364. The molecule has 0 fully saturated rings. The Morgan fingerprint density at radius 1 is 1.19 bits per heavy atom. The standard InChI is InChI=1S/C22H24Cl2N2O5/c1-29-21-7-4-15(13-20(21)27)19-3-2-9-26(25-19)22(28)17-6-5-16(14-18(17)24)31-12-11-30-10-8-23/h4-7,13-14,27H,2-3,8-12H2,1H3. The van der Waals surface area contributed by atoms with Crippen LogP contribution in [0, 0.1) is 0 Å². The normalized spacial score (nSPS) is 13.6. The minimum absolute atomic E-state index is 0.0258. The van der Waals surface area contributed by atoms with E-state index in [4.69, 9.17) is 37.4 Å². The third-order valence-electron chi connectivity index (χ3n) is 4.66. The Labute approximate surface area is 191 Å². The van der Waals surface area contributed by atoms with Gasteiger partial charge >= 0.3 is 0 Å². The van der Waals surface area contributed by atoms with Gasteiger partial charge in [-0.2, -0.15) is 5.10 Å². The second-order valence-electron chi connectivity index (χ2n) is 6.76. The molecule has 2 aromatic carbocycles. The number of hydrazone groups is 1. The van der Waals surface area contributed by atoms with Gasteiger partial charge in [-0.15, -0.1) is 11.6 Å². The van der Waals surface area contributed by atoms with Crippen molar-refractivity contribution < 1.29 is 24.1 Å². The van der Waals surface area contributed by atoms with Gasteiger partial charge in [0, 0.05) is 18.0 Å². The van der Waals surface area contributed by atoms with E-state index in [9.17, 15) is 9.90 Å². The summed E-state index contributed by atoms with van der Waals surface area (Å²) in [7, 11) is 1.49. The SMILES string of the molecule is COc1ccc(C2=NN(C(=O)c3ccc(OCCOCCCl)cc3Cl)CCC2)cc1O. The maximum atomic E-state index is 13.0. The van der Waals surface area contributed by atoms with Gasteiger partial charge in [-0.1, -0.05) is 11.6 Å². The number of methoxy groups -OCH3 is 1. The van der Waals surface area contributed by atoms with Crippen molar-refractivity contribution in [2.24, 2.45) is 5.10 Å². The first-order chi connectivity index (χ1) is 15.0. The highest BCUT2D eigenvalue weighted by Crippen LogP contribution is 2.29. The molecule has 0 spiro atoms. The third kappa shape index (κ3) is 6.03. The molecule has 3 rings (SSSR count). The number of aromatic hydroxyl groups is 1. The predicted octanol–water partition coefficient (Wildman–Crippen LogP) is 4.33. The molecule has 0 aliphatic carbocycles. The Morgan fingerprint density at radius 3 is 2.74 bits per heavy atom. The highest BCUT2D eigenvalue weighted by atomic mass is 35.5. The van der Waals surface area contributed by atoms with E-state index in [0.717, 1.165) is 12.0 Å². The van der Waals surface area contributed by atoms with Crippen LogP contribution in [0.5, 0.6) is 17.2 Å². The molecule has 0 saturated heterocycles. The van der Waals surface area contributed by atoms with Crippen LogP contribution in [0.2, 0.25) is 5.02 Å². The van der Waals surface area contributed by atoms with Crippen LogP contribution < -0.4 is 9.47 Å². The number of phenolic OH excluding ortho intramolecular Hbond substituents is 1. The lowest BCUT2D eigenvalue weighted by atomic mass is 10.0. The number of amides is 1. The lowest BCUT2D eigenvalue weighted by Gasteiger charge is -2.24. The monoisotopic (exact) mass is 466 g/mol. The molecule has 166 valence electrons. The van der Waals surface area contributed by atoms with Gasteiger partial charge in [0.1, 0.15) is 12.4 Å². The van der Waals surface area contributed by atoms with Gasteiger partial charge in [0.15, 0.2) is 11.5 Å². The number of hydrogen-bond donors (Lipinski definition) is 1. The Morgan fingerprint density at radius 2 is 2.03 bits per heavy atom. The summed E-state index contributed by atoms with van der Waals surface area (Å²) in [4.78, 5) is 13.0. The lowest BCUT2D eigenvalue weighted by Crippen LogP contribution is -2.32. The van der Waals surface area contributed by atoms with Crippen LogP contribution in [0.25, 0.3) is 0 Å². The fourth-order valence-corrected chi connectivity index (χ4v) is 3.49. The largest absolute Gasteiger partial charge is 0.504 e. The Kier molecular flexibility index (Phi) is 8.40. The van der Waals surface area contributed by atoms with Crippen molar-refractivity contribution in [2.75, 3.05) is 39.4 Å². The van der Waals surface area contributed by atoms with Crippen LogP contribution in [0.3, 0.4) is 0 Å². The summed E-state index contributed by atoms with van der Waals surface area (Å²) in [5, 5.41) is 16.2. The van der Waals surface area contributed by atoms with E-state index in [1.54, 1.807) is 36.4 Å². The fourth-order valence-electron chi connectivity index (χ4n) is 3.13. The van der Waals surface area contributed by atoms with E-state index in [-0.39, 0.29) is 16.7 Å². The molecule has 2 aromatic rings. The maximum absolute atomic E-state index is 13.0. The number of carbonyl (C=O) groups excluding carboxylic acids is 1. The predicted molar refractivity (Wildman–Crippen MR) is 120 cm³/mol. The van der Waals surface area contributed by atoms with Gasteiger partial charge in [-0.25, -0.2) is 5.01 Å². The van der Waals surface area contributed by atoms with Gasteiger partial charge < -0.3 is 19.3 Å². The molecule has 7 nitrogen and oxygen atoms in total. The van der Waals surface area contributed by atoms with E-state index >= 15 is 0 Å². The zero-order chi connectivity index (χ0) is 22.2. The average molecular weight is 467 g/mol. The molecular weight excluding hydrogens is 443 g/mol. The minimum Gasteiger partial charge on any atom is -0.504 e. The number of phenols is 1. The number of rotatable bonds is 9. The summed E-state index contributed by atoms with van der Waals surface area (Å²) < 4.78 is 15.9. The molecule has 1 aliphatic rings. The number of alkyl halides is 1. The Bertz CT molecular complexity index is 951. The molecule has 0 radical (unpaired) electrons. The Hall–Kier alpha value is -2.48. The first-order valence-electron chi connectivity index (χ1n) is 9.86. The summed E-state index contributed by atoms with van der Waals surface area (Å²) in [5.74, 6) is 1.10. The number of halogens is 2. The van der Waals surface area contributed by atoms with Gasteiger partial charge in [0.2, 0.25) is 0 Å². The molecule has 0 bridgehead atoms. The zero-order valence-electron chi connectivity index (χ0n) is 17.1. The molecule has 1 N–H and O–H groups in total. The minimum atomic E-state index is -0.295. The van der Waals surface area contributed by atoms with E-state index in [0.29, 0.717) is 61.4 Å². The van der Waals surface area contributed by atoms with Gasteiger partial charge in [-0.3, -0.25) is 4.79 Å². The van der Waals surface area contributed by atoms with Crippen molar-refractivity contribution in [3.63, 3.8) is 0 Å². The first kappa shape index (κ1) is 23.2. The van der Waals surface area contributed by atoms with E-state index in [1.165, 1.54) is 12.1 Å². The third-order valence-corrected chi connectivity index (χ3v) is 5.13. The second-order valence-corrected chi connectivity index (χ2v) is 7.54. The van der Waals surface area contributed by atoms with Gasteiger partial charge in [0.05, 0.1) is 36.6 Å². The van der Waals surface area contributed by atoms with Crippen LogP contribution >= 0.6 is 23.2 Å². The van der Waals surface area contributed by atoms with Crippen LogP contribution in [0.4, 0.5) is 0 Å². The van der Waals surface area contributed by atoms with Crippen molar-refractivity contribution in [3.05, 3.63) is 52.5 Å². The summed E-state index contributed by atoms with van der Waals surface area (Å²) in [6.07, 6.45) is 1.44. The van der Waals surface area contributed by atoms with Gasteiger partial charge in [-0.05, 0) is 49.2 Å². The highest BCUT2D eigenvalue weighted by Gasteiger charge is 2.23. The summed E-state index contributed by atoms with van der Waals surface area (Å²) in [5.41, 5.74) is 1.79. The summed E-state index contributed by atoms with van der Waals surface area (Å²) >= 11 is 11.9. The van der Waals surface area contributed by atoms with Crippen molar-refractivity contribution in [1.29, 1.82) is 0 Å². The molecule has 1 amide bonds. The van der Waals surface area contributed by atoms with E-state index < -0.39 is 0 Å². The van der Waals surface area contributed by atoms with Crippen molar-refractivity contribution >= 4 is 34.8 Å². The molecule has 0 aromatic heterocycles. The molecule has 1 heterocycles. The lowest BCUT2D eigenvalue weighted by molar-refractivity contribution is 0.0751. The summed E-state index contributed by atoms with van der Waals surface area (Å²) in [6, 6.07) is 9.99. The van der Waals surface area contributed by atoms with E-state index in [2.05, 4.69) is 5.10 Å². The maximum Gasteiger partial charge on any atom is 0.275 e. The molecule has 0 unspecified atom stereocenters. The molecule has 0 atom stereocenters. The van der Waals surface area contributed by atoms with Crippen LogP contribution in [-0.2, 0) is 4.74 Å². The number of ether oxygens (including phenoxy) is 3. The topological polar surface area (TPSA) is 80.6 Å². The number of benzene rings is 2. The second kappa shape index (κ2) is 11.2. The number of nitrogens with zero attached hydrogens (tertiary/aromatic N) is 2. The smallest absolute Gasteiger partial charge is 0.275 e. The van der Waals surface area contributed by atoms with Crippen LogP contribution in [0.15, 0.2) is 41.5 Å². The molecule has 0 saturated carbocycles. The van der Waals surface area contributed by atoms with E-state index in [1.807, 2.05) is 0 Å². The molecular formula is C22H24Cl2N2O5. The number of carbonyl (C=O) groups is 1. The first-order valence-corrected chi connectivity index (χ1v) is 10.8. The average Bonchev–Trinajstić information content (AvgIpc) is 2.78. The van der Waals surface area contributed by atoms with Crippen molar-refractivity contribution in [1.82, 2.24) is 5.01 Å². The number of hydrogen-bond acceptors (Lipinski definition) is 6. The van der Waals surface area contributed by atoms with Crippen molar-refractivity contribution in [2.45, 2.75) is 12.8 Å². The van der Waals surface area contributed by atoms with Crippen LogP contribution in [-0.4, -0.2) is 61.1 Å². The zero-order valence-corrected chi connectivity index (χ0v) is 18.7. The van der Waals surface area contributed by atoms with Crippen molar-refractivity contribution in [3.8, 4) is 17.2 Å². The highest BCUT2D eigenvalue weighted by molar-refractivity contribution is 6.34. The van der Waals surface area contributed by atoms with Crippen LogP contribution in [0.1, 0.15) is 28.8 Å². The molecule has 9 heteroatoms. The Balaban J connectivity index is 1.70. The van der Waals surface area contributed by atoms with Gasteiger partial charge in [0.25, 0.3) is 5.91 Å². The quantitative estimate of drug-likeness (QED) is 0.439. The molecule has 31 heavy (non-hydrogen) atoms. The molecule has 1 aliphatic heterocycles. The summed E-state index contributed by atoms with van der Waals surface area (Å²) in [6.45, 7) is 1.72.